The molecule has 2 fully saturated rings. The van der Waals surface area contributed by atoms with E-state index >= 15 is 0 Å². The molecule has 2 N–H and O–H groups in total. The number of nitrogen functional groups attached to an aromatic ring is 1. The van der Waals surface area contributed by atoms with Crippen LogP contribution in [0.25, 0.3) is 10.9 Å². The van der Waals surface area contributed by atoms with Gasteiger partial charge in [0.1, 0.15) is 0 Å². The first-order valence-electron chi connectivity index (χ1n) is 10.8. The number of pyridine rings is 1. The molecule has 2 aliphatic rings. The fourth-order valence-electron chi connectivity index (χ4n) is 4.41. The van der Waals surface area contributed by atoms with E-state index in [2.05, 4.69) is 0 Å². The minimum absolute atomic E-state index is 0.0487. The number of anilines is 2. The fraction of sp³-hybridized carbons (Fsp3) is 0.360. The van der Waals surface area contributed by atoms with Crippen molar-refractivity contribution in [3.63, 3.8) is 0 Å². The topological polar surface area (TPSA) is 68.3 Å². The Bertz CT molecular complexity index is 1220. The van der Waals surface area contributed by atoms with Crippen molar-refractivity contribution in [1.29, 1.82) is 0 Å². The van der Waals surface area contributed by atoms with Crippen molar-refractivity contribution in [2.24, 2.45) is 0 Å². The first-order valence-corrected chi connectivity index (χ1v) is 10.8. The Kier molecular flexibility index (Phi) is 4.42. The van der Waals surface area contributed by atoms with Crippen LogP contribution in [0.3, 0.4) is 0 Å². The van der Waals surface area contributed by atoms with Crippen LogP contribution in [0.15, 0.2) is 47.3 Å². The molecule has 5 nitrogen and oxygen atoms in total. The van der Waals surface area contributed by atoms with Gasteiger partial charge in [0.2, 0.25) is 0 Å². The Hall–Kier alpha value is -3.08. The Labute approximate surface area is 176 Å². The van der Waals surface area contributed by atoms with E-state index in [9.17, 15) is 9.59 Å². The summed E-state index contributed by atoms with van der Waals surface area (Å²) in [6.07, 6.45) is 4.65. The van der Waals surface area contributed by atoms with Crippen molar-refractivity contribution in [2.75, 3.05) is 17.7 Å². The van der Waals surface area contributed by atoms with Crippen molar-refractivity contribution in [1.82, 2.24) is 4.57 Å². The van der Waals surface area contributed by atoms with Crippen LogP contribution in [-0.2, 0) is 6.54 Å². The van der Waals surface area contributed by atoms with Crippen LogP contribution < -0.4 is 16.2 Å². The molecular weight excluding hydrogens is 374 g/mol. The van der Waals surface area contributed by atoms with Gasteiger partial charge < -0.3 is 15.2 Å². The largest absolute Gasteiger partial charge is 0.398 e. The lowest BCUT2D eigenvalue weighted by molar-refractivity contribution is 0.0994. The van der Waals surface area contributed by atoms with E-state index in [4.69, 9.17) is 5.73 Å². The summed E-state index contributed by atoms with van der Waals surface area (Å²) >= 11 is 0. The number of amides is 1. The highest BCUT2D eigenvalue weighted by molar-refractivity contribution is 6.09. The molecule has 5 heteroatoms. The first-order chi connectivity index (χ1) is 14.5. The molecule has 2 aliphatic carbocycles. The number of aryl methyl sites for hydroxylation is 1. The second kappa shape index (κ2) is 7.01. The Morgan fingerprint density at radius 1 is 1.07 bits per heavy atom. The number of hydrogen-bond donors (Lipinski definition) is 1. The van der Waals surface area contributed by atoms with Crippen LogP contribution in [0.5, 0.6) is 0 Å². The number of hydrogen-bond acceptors (Lipinski definition) is 3. The highest BCUT2D eigenvalue weighted by Crippen LogP contribution is 2.43. The van der Waals surface area contributed by atoms with Gasteiger partial charge in [0, 0.05) is 36.4 Å². The number of aromatic nitrogens is 1. The van der Waals surface area contributed by atoms with E-state index in [-0.39, 0.29) is 11.5 Å². The molecule has 1 amide bonds. The zero-order chi connectivity index (χ0) is 21.0. The summed E-state index contributed by atoms with van der Waals surface area (Å²) in [5.74, 6) is 0.936. The van der Waals surface area contributed by atoms with Gasteiger partial charge in [-0.1, -0.05) is 6.07 Å². The predicted molar refractivity (Wildman–Crippen MR) is 121 cm³/mol. The number of nitrogens with two attached hydrogens (primary N) is 1. The second-order valence-corrected chi connectivity index (χ2v) is 8.64. The minimum Gasteiger partial charge on any atom is -0.398 e. The monoisotopic (exact) mass is 401 g/mol. The number of carbonyl (C=O) groups is 1. The predicted octanol–water partition coefficient (Wildman–Crippen LogP) is 4.64. The molecular formula is C25H27N3O2. The van der Waals surface area contributed by atoms with Crippen molar-refractivity contribution in [3.8, 4) is 0 Å². The van der Waals surface area contributed by atoms with E-state index in [0.29, 0.717) is 29.6 Å². The number of fused-ring (bicyclic) bond motifs is 1. The first kappa shape index (κ1) is 18.9. The van der Waals surface area contributed by atoms with Crippen LogP contribution in [0.2, 0.25) is 0 Å². The summed E-state index contributed by atoms with van der Waals surface area (Å²) in [5, 5.41) is 1.06. The van der Waals surface area contributed by atoms with Crippen LogP contribution in [0.4, 0.5) is 11.4 Å². The SMILES string of the molecule is CCn1c(=O)cc(C2CC2)c2cc(N(C)C(=O)c3ccc(C4CC4)cc3N)ccc21. The molecule has 3 aromatic rings. The quantitative estimate of drug-likeness (QED) is 0.634. The van der Waals surface area contributed by atoms with Gasteiger partial charge in [0.05, 0.1) is 11.1 Å². The zero-order valence-corrected chi connectivity index (χ0v) is 17.5. The van der Waals surface area contributed by atoms with Gasteiger partial charge in [-0.05, 0) is 85.9 Å². The average Bonchev–Trinajstić information content (AvgIpc) is 3.64. The summed E-state index contributed by atoms with van der Waals surface area (Å²) in [5.41, 5.74) is 11.4. The number of carbonyl (C=O) groups excluding carboxylic acids is 1. The van der Waals surface area contributed by atoms with Crippen LogP contribution in [0, 0.1) is 0 Å². The minimum atomic E-state index is -0.119. The van der Waals surface area contributed by atoms with Crippen LogP contribution in [0.1, 0.15) is 65.9 Å². The summed E-state index contributed by atoms with van der Waals surface area (Å²) in [6, 6.07) is 13.5. The number of benzene rings is 2. The highest BCUT2D eigenvalue weighted by atomic mass is 16.2. The molecule has 0 bridgehead atoms. The molecule has 154 valence electrons. The summed E-state index contributed by atoms with van der Waals surface area (Å²) in [4.78, 5) is 27.4. The van der Waals surface area contributed by atoms with Gasteiger partial charge in [-0.2, -0.15) is 0 Å². The maximum Gasteiger partial charge on any atom is 0.260 e. The number of nitrogens with zero attached hydrogens (tertiary/aromatic N) is 2. The second-order valence-electron chi connectivity index (χ2n) is 8.64. The third kappa shape index (κ3) is 3.18. The van der Waals surface area contributed by atoms with Gasteiger partial charge in [0.15, 0.2) is 0 Å². The van der Waals surface area contributed by atoms with Gasteiger partial charge in [-0.3, -0.25) is 9.59 Å². The molecule has 5 rings (SSSR count). The highest BCUT2D eigenvalue weighted by Gasteiger charge is 2.28. The van der Waals surface area contributed by atoms with Crippen molar-refractivity contribution in [3.05, 3.63) is 69.5 Å². The molecule has 1 aromatic heterocycles. The van der Waals surface area contributed by atoms with Gasteiger partial charge in [-0.25, -0.2) is 0 Å². The standard InChI is InChI=1S/C25H27N3O2/c1-3-28-23-11-9-18(13-21(23)20(14-24(28)29)16-6-7-16)27(2)25(30)19-10-8-17(12-22(19)26)15-4-5-15/h8-16H,3-7,26H2,1-2H3. The molecule has 0 spiro atoms. The summed E-state index contributed by atoms with van der Waals surface area (Å²) < 4.78 is 1.79. The van der Waals surface area contributed by atoms with E-state index < -0.39 is 0 Å². The zero-order valence-electron chi connectivity index (χ0n) is 17.5. The lowest BCUT2D eigenvalue weighted by Gasteiger charge is -2.21. The van der Waals surface area contributed by atoms with E-state index in [1.54, 1.807) is 22.6 Å². The molecule has 1 heterocycles. The van der Waals surface area contributed by atoms with E-state index in [1.807, 2.05) is 43.3 Å². The summed E-state index contributed by atoms with van der Waals surface area (Å²) in [7, 11) is 1.78. The smallest absolute Gasteiger partial charge is 0.260 e. The molecule has 0 saturated heterocycles. The average molecular weight is 402 g/mol. The third-order valence-corrected chi connectivity index (χ3v) is 6.51. The lowest BCUT2D eigenvalue weighted by atomic mass is 10.0. The molecule has 30 heavy (non-hydrogen) atoms. The number of rotatable bonds is 5. The maximum atomic E-state index is 13.2. The van der Waals surface area contributed by atoms with E-state index in [0.717, 1.165) is 35.0 Å². The molecule has 2 saturated carbocycles. The van der Waals surface area contributed by atoms with Gasteiger partial charge in [0.25, 0.3) is 11.5 Å². The molecule has 0 aliphatic heterocycles. The molecule has 0 unspecified atom stereocenters. The van der Waals surface area contributed by atoms with Gasteiger partial charge in [-0.15, -0.1) is 0 Å². The van der Waals surface area contributed by atoms with Gasteiger partial charge >= 0.3 is 0 Å². The Morgan fingerprint density at radius 2 is 1.80 bits per heavy atom. The Balaban J connectivity index is 1.54. The maximum absolute atomic E-state index is 13.2. The lowest BCUT2D eigenvalue weighted by Crippen LogP contribution is -2.27. The van der Waals surface area contributed by atoms with E-state index in [1.165, 1.54) is 18.4 Å². The van der Waals surface area contributed by atoms with Crippen molar-refractivity contribution in [2.45, 2.75) is 51.0 Å². The molecule has 0 atom stereocenters. The normalized spacial score (nSPS) is 16.1. The molecule has 0 radical (unpaired) electrons. The van der Waals surface area contributed by atoms with Crippen LogP contribution in [-0.4, -0.2) is 17.5 Å². The van der Waals surface area contributed by atoms with Crippen molar-refractivity contribution < 1.29 is 4.79 Å². The Morgan fingerprint density at radius 3 is 2.43 bits per heavy atom. The third-order valence-electron chi connectivity index (χ3n) is 6.51. The summed E-state index contributed by atoms with van der Waals surface area (Å²) in [6.45, 7) is 2.60. The molecule has 2 aromatic carbocycles. The van der Waals surface area contributed by atoms with Crippen molar-refractivity contribution >= 4 is 28.2 Å². The fourth-order valence-corrected chi connectivity index (χ4v) is 4.41. The van der Waals surface area contributed by atoms with Crippen LogP contribution >= 0.6 is 0 Å².